The van der Waals surface area contributed by atoms with Crippen molar-refractivity contribution in [3.05, 3.63) is 0 Å². The van der Waals surface area contributed by atoms with E-state index >= 15 is 0 Å². The number of rotatable bonds is 1. The smallest absolute Gasteiger partial charge is 0.371 e. The van der Waals surface area contributed by atoms with Crippen molar-refractivity contribution in [2.24, 2.45) is 0 Å². The van der Waals surface area contributed by atoms with E-state index in [1.807, 2.05) is 6.11 Å². The minimum atomic E-state index is -3.52. The average molecular weight is 152 g/mol. The van der Waals surface area contributed by atoms with Crippen molar-refractivity contribution in [2.75, 3.05) is 0 Å². The molecule has 0 heterocycles. The molecule has 46 valence electrons. The highest BCUT2D eigenvalue weighted by Gasteiger charge is 2.03. The topological polar surface area (TPSA) is 49.7 Å². The standard InChI is InChI=1S/C3H5O3PS/c1-2-3-6-7(4,5)8/h1H3,(H2,4,5,8). The molecule has 0 bridgehead atoms. The first-order chi connectivity index (χ1) is 3.56. The molecule has 3 nitrogen and oxygen atoms in total. The van der Waals surface area contributed by atoms with Gasteiger partial charge in [0, 0.05) is 18.7 Å². The van der Waals surface area contributed by atoms with Gasteiger partial charge in [-0.05, 0) is 0 Å². The van der Waals surface area contributed by atoms with Crippen molar-refractivity contribution in [3.63, 3.8) is 0 Å². The Morgan fingerprint density at radius 2 is 2.12 bits per heavy atom. The van der Waals surface area contributed by atoms with E-state index < -0.39 is 6.72 Å². The van der Waals surface area contributed by atoms with Crippen LogP contribution in [-0.2, 0) is 16.3 Å². The quantitative estimate of drug-likeness (QED) is 0.416. The maximum absolute atomic E-state index is 8.31. The predicted molar refractivity (Wildman–Crippen MR) is 33.3 cm³/mol. The molecule has 0 aliphatic heterocycles. The first kappa shape index (κ1) is 7.93. The molecule has 0 aromatic carbocycles. The van der Waals surface area contributed by atoms with E-state index in [0.29, 0.717) is 0 Å². The zero-order valence-corrected chi connectivity index (χ0v) is 5.87. The highest BCUT2D eigenvalue weighted by Crippen LogP contribution is 2.35. The van der Waals surface area contributed by atoms with Crippen molar-refractivity contribution in [1.82, 2.24) is 0 Å². The first-order valence-electron chi connectivity index (χ1n) is 1.72. The van der Waals surface area contributed by atoms with E-state index in [4.69, 9.17) is 9.79 Å². The Morgan fingerprint density at radius 1 is 1.62 bits per heavy atom. The lowest BCUT2D eigenvalue weighted by Crippen LogP contribution is -1.76. The average Bonchev–Trinajstić information content (AvgIpc) is 1.59. The fourth-order valence-electron chi connectivity index (χ4n) is 0.105. The molecule has 2 N–H and O–H groups in total. The molecule has 0 aromatic rings. The third kappa shape index (κ3) is 5.93. The molecule has 0 aliphatic rings. The van der Waals surface area contributed by atoms with Gasteiger partial charge in [-0.2, -0.15) is 0 Å². The van der Waals surface area contributed by atoms with Gasteiger partial charge >= 0.3 is 6.72 Å². The number of hydrogen-bond acceptors (Lipinski definition) is 2. The second kappa shape index (κ2) is 3.06. The van der Waals surface area contributed by atoms with E-state index in [1.165, 1.54) is 6.92 Å². The molecule has 0 unspecified atom stereocenters. The Kier molecular flexibility index (Phi) is 3.03. The summed E-state index contributed by atoms with van der Waals surface area (Å²) >= 11 is 4.05. The third-order valence-corrected chi connectivity index (χ3v) is 0.819. The molecule has 0 aromatic heterocycles. The fraction of sp³-hybridized carbons (Fsp3) is 0.333. The van der Waals surface area contributed by atoms with Crippen LogP contribution in [0, 0.1) is 12.0 Å². The van der Waals surface area contributed by atoms with E-state index in [1.54, 1.807) is 0 Å². The van der Waals surface area contributed by atoms with Crippen molar-refractivity contribution in [1.29, 1.82) is 0 Å². The van der Waals surface area contributed by atoms with Crippen LogP contribution in [0.5, 0.6) is 0 Å². The summed E-state index contributed by atoms with van der Waals surface area (Å²) in [4.78, 5) is 16.6. The zero-order chi connectivity index (χ0) is 6.62. The molecular weight excluding hydrogens is 147 g/mol. The van der Waals surface area contributed by atoms with Crippen LogP contribution in [0.1, 0.15) is 6.92 Å². The van der Waals surface area contributed by atoms with Gasteiger partial charge in [0.15, 0.2) is 0 Å². The Labute approximate surface area is 52.6 Å². The van der Waals surface area contributed by atoms with Crippen LogP contribution in [0.15, 0.2) is 0 Å². The highest BCUT2D eigenvalue weighted by atomic mass is 32.5. The van der Waals surface area contributed by atoms with Crippen LogP contribution in [0.3, 0.4) is 0 Å². The van der Waals surface area contributed by atoms with Gasteiger partial charge in [-0.1, -0.05) is 5.92 Å². The summed E-state index contributed by atoms with van der Waals surface area (Å²) in [5.74, 6) is 2.29. The van der Waals surface area contributed by atoms with Crippen LogP contribution >= 0.6 is 6.72 Å². The summed E-state index contributed by atoms with van der Waals surface area (Å²) in [5, 5.41) is 0. The second-order valence-corrected chi connectivity index (χ2v) is 3.52. The third-order valence-electron chi connectivity index (χ3n) is 0.267. The van der Waals surface area contributed by atoms with E-state index in [9.17, 15) is 0 Å². The molecule has 0 atom stereocenters. The van der Waals surface area contributed by atoms with E-state index in [2.05, 4.69) is 22.3 Å². The molecule has 5 heteroatoms. The minimum Gasteiger partial charge on any atom is -0.371 e. The molecule has 0 rings (SSSR count). The molecule has 0 spiro atoms. The van der Waals surface area contributed by atoms with Crippen LogP contribution in [0.4, 0.5) is 0 Å². The molecular formula is C3H5O3PS. The Hall–Kier alpha value is -0.0700. The maximum atomic E-state index is 8.31. The van der Waals surface area contributed by atoms with Gasteiger partial charge in [-0.3, -0.25) is 0 Å². The van der Waals surface area contributed by atoms with Crippen LogP contribution < -0.4 is 0 Å². The largest absolute Gasteiger partial charge is 0.383 e. The molecule has 0 amide bonds. The van der Waals surface area contributed by atoms with E-state index in [-0.39, 0.29) is 0 Å². The molecule has 0 saturated heterocycles. The number of hydrogen-bond donors (Lipinski definition) is 2. The Bertz CT molecular complexity index is 161. The molecule has 8 heavy (non-hydrogen) atoms. The van der Waals surface area contributed by atoms with Gasteiger partial charge < -0.3 is 14.3 Å². The van der Waals surface area contributed by atoms with Gasteiger partial charge in [0.2, 0.25) is 0 Å². The summed E-state index contributed by atoms with van der Waals surface area (Å²) in [6.45, 7) is -2.02. The summed E-state index contributed by atoms with van der Waals surface area (Å²) in [7, 11) is 0. The monoisotopic (exact) mass is 152 g/mol. The second-order valence-electron chi connectivity index (χ2n) is 0.934. The zero-order valence-electron chi connectivity index (χ0n) is 4.16. The summed E-state index contributed by atoms with van der Waals surface area (Å²) < 4.78 is 4.05. The minimum absolute atomic E-state index is 1.50. The van der Waals surface area contributed by atoms with Gasteiger partial charge in [0.1, 0.15) is 6.11 Å². The molecule has 0 fully saturated rings. The normalized spacial score (nSPS) is 9.38. The van der Waals surface area contributed by atoms with Gasteiger partial charge in [0.05, 0.1) is 0 Å². The summed E-state index contributed by atoms with van der Waals surface area (Å²) in [5.41, 5.74) is 0. The van der Waals surface area contributed by atoms with E-state index in [0.717, 1.165) is 0 Å². The van der Waals surface area contributed by atoms with Crippen molar-refractivity contribution >= 4 is 18.5 Å². The van der Waals surface area contributed by atoms with Crippen LogP contribution in [0.25, 0.3) is 0 Å². The van der Waals surface area contributed by atoms with Crippen molar-refractivity contribution in [2.45, 2.75) is 6.92 Å². The van der Waals surface area contributed by atoms with Gasteiger partial charge in [-0.25, -0.2) is 0 Å². The predicted octanol–water partition coefficient (Wildman–Crippen LogP) is 0.193. The maximum Gasteiger partial charge on any atom is 0.383 e. The lowest BCUT2D eigenvalue weighted by molar-refractivity contribution is 0.353. The lowest BCUT2D eigenvalue weighted by atomic mass is 10.8. The summed E-state index contributed by atoms with van der Waals surface area (Å²) in [6, 6.07) is 0. The van der Waals surface area contributed by atoms with Crippen LogP contribution in [0.2, 0.25) is 0 Å². The Balaban J connectivity index is 3.68. The Morgan fingerprint density at radius 3 is 2.25 bits per heavy atom. The summed E-state index contributed by atoms with van der Waals surface area (Å²) in [6.07, 6.45) is 1.98. The highest BCUT2D eigenvalue weighted by molar-refractivity contribution is 8.06. The fourth-order valence-corrected chi connectivity index (χ4v) is 0.427. The first-order valence-corrected chi connectivity index (χ1v) is 4.35. The van der Waals surface area contributed by atoms with Crippen molar-refractivity contribution < 1.29 is 14.3 Å². The lowest BCUT2D eigenvalue weighted by Gasteiger charge is -1.99. The molecule has 0 saturated carbocycles. The SMILES string of the molecule is CC#COP(O)(O)=S. The molecule has 0 aliphatic carbocycles. The van der Waals surface area contributed by atoms with Gasteiger partial charge in [0.25, 0.3) is 0 Å². The van der Waals surface area contributed by atoms with Crippen molar-refractivity contribution in [3.8, 4) is 12.0 Å². The van der Waals surface area contributed by atoms with Gasteiger partial charge in [-0.15, -0.1) is 0 Å². The molecule has 0 radical (unpaired) electrons. The van der Waals surface area contributed by atoms with Crippen LogP contribution in [-0.4, -0.2) is 9.79 Å².